The molecule has 0 rings (SSSR count). The van der Waals surface area contributed by atoms with E-state index in [1.807, 2.05) is 7.05 Å². The number of hydrogen-bond acceptors (Lipinski definition) is 3. The van der Waals surface area contributed by atoms with Crippen LogP contribution in [-0.4, -0.2) is 25.2 Å². The maximum atomic E-state index is 12.8. The zero-order valence-electron chi connectivity index (χ0n) is 28.7. The molecule has 0 heterocycles. The minimum Gasteiger partial charge on any atom is -0.319 e. The van der Waals surface area contributed by atoms with Crippen LogP contribution in [0.15, 0.2) is 24.3 Å². The highest BCUT2D eigenvalue weighted by molar-refractivity contribution is 6.02. The summed E-state index contributed by atoms with van der Waals surface area (Å²) in [6.07, 6.45) is 43.3. The van der Waals surface area contributed by atoms with E-state index in [-0.39, 0.29) is 11.6 Å². The molecular weight excluding hydrogens is 514 g/mol. The maximum Gasteiger partial charge on any atom is 0.144 e. The molecule has 0 radical (unpaired) electrons. The lowest BCUT2D eigenvalue weighted by Gasteiger charge is -2.14. The van der Waals surface area contributed by atoms with Gasteiger partial charge >= 0.3 is 0 Å². The fraction of sp³-hybridized carbons (Fsp3) is 0.846. The molecule has 0 unspecified atom stereocenters. The van der Waals surface area contributed by atoms with Crippen LogP contribution in [-0.2, 0) is 9.59 Å². The van der Waals surface area contributed by atoms with Gasteiger partial charge in [-0.25, -0.2) is 0 Å². The van der Waals surface area contributed by atoms with E-state index < -0.39 is 5.92 Å². The highest BCUT2D eigenvalue weighted by atomic mass is 16.1. The minimum absolute atomic E-state index is 0.153. The summed E-state index contributed by atoms with van der Waals surface area (Å²) in [4.78, 5) is 25.6. The van der Waals surface area contributed by atoms with Crippen LogP contribution < -0.4 is 5.32 Å². The number of hydrogen-bond donors (Lipinski definition) is 1. The summed E-state index contributed by atoms with van der Waals surface area (Å²) in [5, 5.41) is 3.08. The summed E-state index contributed by atoms with van der Waals surface area (Å²) in [6, 6.07) is 0. The van der Waals surface area contributed by atoms with Crippen LogP contribution in [0.5, 0.6) is 0 Å². The zero-order valence-corrected chi connectivity index (χ0v) is 28.7. The molecule has 0 aliphatic rings. The van der Waals surface area contributed by atoms with E-state index in [0.717, 1.165) is 25.7 Å². The normalized spacial score (nSPS) is 11.9. The molecule has 0 saturated heterocycles. The second kappa shape index (κ2) is 34.3. The Morgan fingerprint density at radius 1 is 0.452 bits per heavy atom. The van der Waals surface area contributed by atoms with Gasteiger partial charge in [-0.3, -0.25) is 9.59 Å². The van der Waals surface area contributed by atoms with E-state index in [1.54, 1.807) is 0 Å². The van der Waals surface area contributed by atoms with Crippen molar-refractivity contribution < 1.29 is 9.59 Å². The molecule has 246 valence electrons. The quantitative estimate of drug-likeness (QED) is 0.0462. The first-order valence-corrected chi connectivity index (χ1v) is 18.7. The average Bonchev–Trinajstić information content (AvgIpc) is 2.99. The van der Waals surface area contributed by atoms with Crippen molar-refractivity contribution in [2.75, 3.05) is 13.6 Å². The van der Waals surface area contributed by atoms with Crippen molar-refractivity contribution in [3.05, 3.63) is 24.3 Å². The van der Waals surface area contributed by atoms with E-state index >= 15 is 0 Å². The molecule has 1 N–H and O–H groups in total. The van der Waals surface area contributed by atoms with Crippen molar-refractivity contribution >= 4 is 11.6 Å². The lowest BCUT2D eigenvalue weighted by molar-refractivity contribution is -0.132. The molecule has 0 fully saturated rings. The van der Waals surface area contributed by atoms with Crippen molar-refractivity contribution in [3.63, 3.8) is 0 Å². The molecule has 0 amide bonds. The third kappa shape index (κ3) is 28.9. The van der Waals surface area contributed by atoms with Gasteiger partial charge in [-0.15, -0.1) is 0 Å². The number of nitrogens with one attached hydrogen (secondary N) is 1. The van der Waals surface area contributed by atoms with Gasteiger partial charge in [0.2, 0.25) is 0 Å². The molecule has 3 heteroatoms. The molecule has 0 aromatic rings. The van der Waals surface area contributed by atoms with Crippen molar-refractivity contribution in [2.24, 2.45) is 5.92 Å². The fourth-order valence-electron chi connectivity index (χ4n) is 5.70. The van der Waals surface area contributed by atoms with Crippen LogP contribution in [0.3, 0.4) is 0 Å². The third-order valence-corrected chi connectivity index (χ3v) is 8.56. The lowest BCUT2D eigenvalue weighted by atomic mass is 9.91. The van der Waals surface area contributed by atoms with Gasteiger partial charge in [-0.2, -0.15) is 0 Å². The molecule has 0 saturated carbocycles. The maximum absolute atomic E-state index is 12.8. The van der Waals surface area contributed by atoms with Crippen LogP contribution in [0, 0.1) is 5.92 Å². The number of carbonyl (C=O) groups is 2. The molecule has 0 aliphatic heterocycles. The Kier molecular flexibility index (Phi) is 33.3. The van der Waals surface area contributed by atoms with Crippen molar-refractivity contribution in [2.45, 2.75) is 194 Å². The summed E-state index contributed by atoms with van der Waals surface area (Å²) in [6.45, 7) is 5.04. The molecule has 0 atom stereocenters. The van der Waals surface area contributed by atoms with Crippen molar-refractivity contribution in [1.82, 2.24) is 5.32 Å². The molecular formula is C39H73NO2. The monoisotopic (exact) mass is 588 g/mol. The summed E-state index contributed by atoms with van der Waals surface area (Å²) >= 11 is 0. The van der Waals surface area contributed by atoms with Crippen molar-refractivity contribution in [3.8, 4) is 0 Å². The Labute approximate surface area is 263 Å². The number of carbonyl (C=O) groups excluding carboxylic acids is 2. The van der Waals surface area contributed by atoms with Crippen molar-refractivity contribution in [1.29, 1.82) is 0 Å². The van der Waals surface area contributed by atoms with Crippen LogP contribution in [0.1, 0.15) is 194 Å². The molecule has 42 heavy (non-hydrogen) atoms. The first kappa shape index (κ1) is 40.8. The van der Waals surface area contributed by atoms with E-state index in [2.05, 4.69) is 43.5 Å². The second-order valence-electron chi connectivity index (χ2n) is 12.7. The van der Waals surface area contributed by atoms with E-state index in [9.17, 15) is 9.59 Å². The van der Waals surface area contributed by atoms with Gasteiger partial charge in [0.05, 0.1) is 5.92 Å². The van der Waals surface area contributed by atoms with Gasteiger partial charge in [0.1, 0.15) is 11.6 Å². The van der Waals surface area contributed by atoms with Crippen LogP contribution in [0.2, 0.25) is 0 Å². The van der Waals surface area contributed by atoms with Gasteiger partial charge in [0.15, 0.2) is 0 Å². The van der Waals surface area contributed by atoms with E-state index in [0.29, 0.717) is 19.4 Å². The number of Topliss-reactive ketones (excluding diaryl/α,β-unsaturated/α-hetero) is 2. The van der Waals surface area contributed by atoms with Gasteiger partial charge in [-0.1, -0.05) is 141 Å². The Hall–Kier alpha value is -1.22. The Balaban J connectivity index is 3.74. The van der Waals surface area contributed by atoms with Gasteiger partial charge < -0.3 is 5.32 Å². The number of rotatable bonds is 34. The van der Waals surface area contributed by atoms with Gasteiger partial charge in [-0.05, 0) is 71.3 Å². The van der Waals surface area contributed by atoms with Crippen LogP contribution in [0.4, 0.5) is 0 Å². The predicted octanol–water partition coefficient (Wildman–Crippen LogP) is 12.0. The minimum atomic E-state index is -0.441. The van der Waals surface area contributed by atoms with Crippen LogP contribution in [0.25, 0.3) is 0 Å². The molecule has 0 spiro atoms. The number of ketones is 2. The Morgan fingerprint density at radius 2 is 0.738 bits per heavy atom. The number of allylic oxidation sites excluding steroid dienone is 4. The Bertz CT molecular complexity index is 586. The smallest absolute Gasteiger partial charge is 0.144 e. The molecule has 0 aliphatic carbocycles. The Morgan fingerprint density at radius 3 is 1.05 bits per heavy atom. The van der Waals surface area contributed by atoms with Gasteiger partial charge in [0, 0.05) is 19.4 Å². The highest BCUT2D eigenvalue weighted by Gasteiger charge is 2.24. The summed E-state index contributed by atoms with van der Waals surface area (Å²) in [5.74, 6) is -0.136. The fourth-order valence-corrected chi connectivity index (χ4v) is 5.70. The standard InChI is InChI=1S/C39H73NO2/c1-4-6-8-10-12-14-16-18-20-22-24-26-28-30-32-34-38(41)37(36-40-3)39(42)35-33-31-29-27-25-23-21-19-17-15-13-11-9-7-5-2/h18-21,37,40H,4-17,22-36H2,1-3H3/b20-18-,21-19-. The summed E-state index contributed by atoms with van der Waals surface area (Å²) in [7, 11) is 1.84. The number of unbranched alkanes of at least 4 members (excludes halogenated alkanes) is 22. The third-order valence-electron chi connectivity index (χ3n) is 8.56. The second-order valence-corrected chi connectivity index (χ2v) is 12.7. The van der Waals surface area contributed by atoms with Gasteiger partial charge in [0.25, 0.3) is 0 Å². The predicted molar refractivity (Wildman–Crippen MR) is 186 cm³/mol. The summed E-state index contributed by atoms with van der Waals surface area (Å²) in [5.41, 5.74) is 0. The lowest BCUT2D eigenvalue weighted by Crippen LogP contribution is -2.33. The molecule has 0 aromatic carbocycles. The molecule has 0 aromatic heterocycles. The first-order valence-electron chi connectivity index (χ1n) is 18.7. The van der Waals surface area contributed by atoms with Crippen LogP contribution >= 0.6 is 0 Å². The average molecular weight is 588 g/mol. The zero-order chi connectivity index (χ0) is 30.8. The topological polar surface area (TPSA) is 46.2 Å². The molecule has 0 bridgehead atoms. The highest BCUT2D eigenvalue weighted by Crippen LogP contribution is 2.15. The summed E-state index contributed by atoms with van der Waals surface area (Å²) < 4.78 is 0. The molecule has 3 nitrogen and oxygen atoms in total. The van der Waals surface area contributed by atoms with E-state index in [4.69, 9.17) is 0 Å². The largest absolute Gasteiger partial charge is 0.319 e. The van der Waals surface area contributed by atoms with E-state index in [1.165, 1.54) is 141 Å². The first-order chi connectivity index (χ1) is 20.7. The SMILES string of the molecule is CCCCCCCC/C=C\CCCCCCCC(=O)C(CNC)C(=O)CCCCCCC/C=C\CCCCCCCC.